The molecule has 1 atom stereocenters. The molecular weight excluding hydrogens is 302 g/mol. The van der Waals surface area contributed by atoms with Crippen LogP contribution in [0.3, 0.4) is 0 Å². The Hall–Kier alpha value is -1.88. The number of nitrogens with one attached hydrogen (secondary N) is 2. The highest BCUT2D eigenvalue weighted by Gasteiger charge is 2.23. The van der Waals surface area contributed by atoms with Gasteiger partial charge in [-0.3, -0.25) is 9.59 Å². The summed E-state index contributed by atoms with van der Waals surface area (Å²) in [5.74, 6) is -0.640. The van der Waals surface area contributed by atoms with Gasteiger partial charge < -0.3 is 15.5 Å². The number of amides is 2. The van der Waals surface area contributed by atoms with Crippen LogP contribution in [0.25, 0.3) is 0 Å². The molecule has 2 rings (SSSR count). The van der Waals surface area contributed by atoms with E-state index in [1.807, 2.05) is 37.3 Å². The normalized spacial score (nSPS) is 17.5. The minimum absolute atomic E-state index is 0.182. The van der Waals surface area contributed by atoms with E-state index in [9.17, 15) is 9.59 Å². The number of hydrogen-bond acceptors (Lipinski definition) is 3. The van der Waals surface area contributed by atoms with E-state index < -0.39 is 11.8 Å². The molecule has 2 amide bonds. The second-order valence-corrected chi connectivity index (χ2v) is 6.89. The first-order valence-corrected chi connectivity index (χ1v) is 8.85. The molecule has 0 radical (unpaired) electrons. The van der Waals surface area contributed by atoms with Crippen LogP contribution in [0, 0.1) is 5.92 Å². The zero-order valence-corrected chi connectivity index (χ0v) is 14.9. The van der Waals surface area contributed by atoms with Crippen LogP contribution in [0.15, 0.2) is 30.3 Å². The second kappa shape index (κ2) is 8.83. The molecule has 0 saturated carbocycles. The summed E-state index contributed by atoms with van der Waals surface area (Å²) in [4.78, 5) is 26.5. The molecule has 1 unspecified atom stereocenters. The van der Waals surface area contributed by atoms with Gasteiger partial charge in [0.25, 0.3) is 0 Å². The Balaban J connectivity index is 1.72. The maximum absolute atomic E-state index is 12.0. The van der Waals surface area contributed by atoms with E-state index >= 15 is 0 Å². The van der Waals surface area contributed by atoms with E-state index in [1.54, 1.807) is 0 Å². The fourth-order valence-corrected chi connectivity index (χ4v) is 3.08. The summed E-state index contributed by atoms with van der Waals surface area (Å²) in [7, 11) is 0. The molecule has 1 heterocycles. The number of carbonyl (C=O) groups excluding carboxylic acids is 2. The lowest BCUT2D eigenvalue weighted by Gasteiger charge is -2.34. The summed E-state index contributed by atoms with van der Waals surface area (Å²) in [6.07, 6.45) is 2.14. The minimum atomic E-state index is -0.564. The van der Waals surface area contributed by atoms with Crippen LogP contribution in [0.5, 0.6) is 0 Å². The van der Waals surface area contributed by atoms with Crippen molar-refractivity contribution in [3.8, 4) is 0 Å². The van der Waals surface area contributed by atoms with Crippen LogP contribution < -0.4 is 10.6 Å². The molecular formula is C19H29N3O2. The summed E-state index contributed by atoms with van der Waals surface area (Å²) in [6.45, 7) is 9.01. The first kappa shape index (κ1) is 18.5. The number of carbonyl (C=O) groups is 2. The van der Waals surface area contributed by atoms with E-state index in [0.717, 1.165) is 31.5 Å². The molecule has 0 bridgehead atoms. The molecule has 1 fully saturated rings. The van der Waals surface area contributed by atoms with Gasteiger partial charge in [-0.05, 0) is 58.2 Å². The molecule has 1 aromatic carbocycles. The lowest BCUT2D eigenvalue weighted by Crippen LogP contribution is -2.45. The fourth-order valence-electron chi connectivity index (χ4n) is 3.08. The van der Waals surface area contributed by atoms with Crippen molar-refractivity contribution >= 4 is 11.8 Å². The molecule has 132 valence electrons. The van der Waals surface area contributed by atoms with Gasteiger partial charge in [0.1, 0.15) is 0 Å². The number of nitrogens with zero attached hydrogens (tertiary/aromatic N) is 1. The molecule has 1 saturated heterocycles. The standard InChI is InChI=1S/C19H29N3O2/c1-14(2)22-11-9-16(10-12-22)13-20-18(23)19(24)21-15(3)17-7-5-4-6-8-17/h4-8,14-16H,9-13H2,1-3H3,(H,20,23)(H,21,24). The average Bonchev–Trinajstić information content (AvgIpc) is 2.60. The molecule has 0 aliphatic carbocycles. The van der Waals surface area contributed by atoms with Crippen LogP contribution in [-0.2, 0) is 9.59 Å². The molecule has 5 nitrogen and oxygen atoms in total. The Morgan fingerprint density at radius 2 is 1.71 bits per heavy atom. The number of benzene rings is 1. The quantitative estimate of drug-likeness (QED) is 0.812. The molecule has 2 N–H and O–H groups in total. The van der Waals surface area contributed by atoms with Crippen molar-refractivity contribution in [2.75, 3.05) is 19.6 Å². The number of hydrogen-bond donors (Lipinski definition) is 2. The van der Waals surface area contributed by atoms with Crippen molar-refractivity contribution in [3.63, 3.8) is 0 Å². The summed E-state index contributed by atoms with van der Waals surface area (Å²) in [5.41, 5.74) is 0.986. The Morgan fingerprint density at radius 1 is 1.08 bits per heavy atom. The summed E-state index contributed by atoms with van der Waals surface area (Å²) < 4.78 is 0. The fraction of sp³-hybridized carbons (Fsp3) is 0.579. The first-order chi connectivity index (χ1) is 11.5. The Kier molecular flexibility index (Phi) is 6.79. The van der Waals surface area contributed by atoms with Crippen LogP contribution in [-0.4, -0.2) is 42.4 Å². The van der Waals surface area contributed by atoms with Crippen LogP contribution >= 0.6 is 0 Å². The summed E-state index contributed by atoms with van der Waals surface area (Å²) in [5, 5.41) is 5.53. The van der Waals surface area contributed by atoms with Crippen LogP contribution in [0.1, 0.15) is 45.2 Å². The maximum atomic E-state index is 12.0. The van der Waals surface area contributed by atoms with Crippen molar-refractivity contribution in [2.24, 2.45) is 5.92 Å². The topological polar surface area (TPSA) is 61.4 Å². The largest absolute Gasteiger partial charge is 0.348 e. The lowest BCUT2D eigenvalue weighted by atomic mass is 9.96. The smallest absolute Gasteiger partial charge is 0.309 e. The van der Waals surface area contributed by atoms with Gasteiger partial charge in [-0.15, -0.1) is 0 Å². The van der Waals surface area contributed by atoms with Gasteiger partial charge in [0, 0.05) is 12.6 Å². The van der Waals surface area contributed by atoms with E-state index in [1.165, 1.54) is 0 Å². The van der Waals surface area contributed by atoms with Gasteiger partial charge in [-0.25, -0.2) is 0 Å². The van der Waals surface area contributed by atoms with Crippen molar-refractivity contribution in [1.29, 1.82) is 0 Å². The molecule has 0 aromatic heterocycles. The number of piperidine rings is 1. The van der Waals surface area contributed by atoms with E-state index in [2.05, 4.69) is 29.4 Å². The van der Waals surface area contributed by atoms with Crippen molar-refractivity contribution < 1.29 is 9.59 Å². The third-order valence-corrected chi connectivity index (χ3v) is 4.78. The third-order valence-electron chi connectivity index (χ3n) is 4.78. The second-order valence-electron chi connectivity index (χ2n) is 6.89. The Labute approximate surface area is 144 Å². The first-order valence-electron chi connectivity index (χ1n) is 8.85. The molecule has 0 spiro atoms. The highest BCUT2D eigenvalue weighted by molar-refractivity contribution is 6.35. The highest BCUT2D eigenvalue weighted by atomic mass is 16.2. The molecule has 1 aliphatic heterocycles. The van der Waals surface area contributed by atoms with Crippen molar-refractivity contribution in [2.45, 2.75) is 45.7 Å². The van der Waals surface area contributed by atoms with Gasteiger partial charge in [-0.2, -0.15) is 0 Å². The van der Waals surface area contributed by atoms with Gasteiger partial charge in [0.05, 0.1) is 6.04 Å². The predicted octanol–water partition coefficient (Wildman–Crippen LogP) is 2.10. The monoisotopic (exact) mass is 331 g/mol. The molecule has 24 heavy (non-hydrogen) atoms. The van der Waals surface area contributed by atoms with Gasteiger partial charge >= 0.3 is 11.8 Å². The van der Waals surface area contributed by atoms with Crippen LogP contribution in [0.2, 0.25) is 0 Å². The Morgan fingerprint density at radius 3 is 2.29 bits per heavy atom. The Bertz CT molecular complexity index is 537. The predicted molar refractivity (Wildman–Crippen MR) is 95.4 cm³/mol. The zero-order chi connectivity index (χ0) is 17.5. The van der Waals surface area contributed by atoms with Crippen molar-refractivity contribution in [1.82, 2.24) is 15.5 Å². The highest BCUT2D eigenvalue weighted by Crippen LogP contribution is 2.18. The number of likely N-dealkylation sites (tertiary alicyclic amines) is 1. The maximum Gasteiger partial charge on any atom is 0.309 e. The SMILES string of the molecule is CC(NC(=O)C(=O)NCC1CCN(C(C)C)CC1)c1ccccc1. The van der Waals surface area contributed by atoms with Crippen LogP contribution in [0.4, 0.5) is 0 Å². The molecule has 1 aromatic rings. The summed E-state index contributed by atoms with van der Waals surface area (Å²) in [6, 6.07) is 10.0. The third kappa shape index (κ3) is 5.34. The lowest BCUT2D eigenvalue weighted by molar-refractivity contribution is -0.139. The molecule has 1 aliphatic rings. The molecule has 5 heteroatoms. The van der Waals surface area contributed by atoms with Gasteiger partial charge in [0.15, 0.2) is 0 Å². The van der Waals surface area contributed by atoms with Crippen molar-refractivity contribution in [3.05, 3.63) is 35.9 Å². The summed E-state index contributed by atoms with van der Waals surface area (Å²) >= 11 is 0. The van der Waals surface area contributed by atoms with E-state index in [0.29, 0.717) is 18.5 Å². The number of rotatable bonds is 5. The van der Waals surface area contributed by atoms with Gasteiger partial charge in [0.2, 0.25) is 0 Å². The van der Waals surface area contributed by atoms with E-state index in [-0.39, 0.29) is 6.04 Å². The zero-order valence-electron chi connectivity index (χ0n) is 14.9. The minimum Gasteiger partial charge on any atom is -0.348 e. The van der Waals surface area contributed by atoms with E-state index in [4.69, 9.17) is 0 Å². The van der Waals surface area contributed by atoms with Gasteiger partial charge in [-0.1, -0.05) is 30.3 Å². The average molecular weight is 331 g/mol.